The molecule has 0 fully saturated rings. The van der Waals surface area contributed by atoms with Gasteiger partial charge < -0.3 is 0 Å². The van der Waals surface area contributed by atoms with Crippen LogP contribution in [-0.4, -0.2) is 9.97 Å². The van der Waals surface area contributed by atoms with Crippen LogP contribution in [0.25, 0.3) is 0 Å². The zero-order valence-electron chi connectivity index (χ0n) is 9.13. The smallest absolute Gasteiger partial charge is 0.133 e. The molecule has 0 saturated heterocycles. The van der Waals surface area contributed by atoms with Crippen LogP contribution in [0.4, 0.5) is 0 Å². The third-order valence-corrected chi connectivity index (χ3v) is 1.94. The van der Waals surface area contributed by atoms with Crippen LogP contribution >= 0.6 is 0 Å². The number of nitrogens with zero attached hydrogens (tertiary/aromatic N) is 2. The van der Waals surface area contributed by atoms with E-state index in [-0.39, 0.29) is 5.41 Å². The van der Waals surface area contributed by atoms with Gasteiger partial charge in [0.2, 0.25) is 0 Å². The van der Waals surface area contributed by atoms with Gasteiger partial charge in [0.1, 0.15) is 5.82 Å². The Morgan fingerprint density at radius 1 is 1.23 bits per heavy atom. The number of hydrogen-bond donors (Lipinski definition) is 0. The second-order valence-electron chi connectivity index (χ2n) is 4.71. The van der Waals surface area contributed by atoms with E-state index in [1.165, 1.54) is 0 Å². The molecule has 0 radical (unpaired) electrons. The molecule has 0 N–H and O–H groups in total. The summed E-state index contributed by atoms with van der Waals surface area (Å²) in [5, 5.41) is 0. The summed E-state index contributed by atoms with van der Waals surface area (Å²) in [4.78, 5) is 8.81. The van der Waals surface area contributed by atoms with E-state index in [9.17, 15) is 0 Å². The largest absolute Gasteiger partial charge is 0.241 e. The molecule has 0 aliphatic rings. The van der Waals surface area contributed by atoms with Crippen molar-refractivity contribution in [2.75, 3.05) is 0 Å². The molecule has 1 aromatic heterocycles. The third-order valence-electron chi connectivity index (χ3n) is 1.94. The van der Waals surface area contributed by atoms with Gasteiger partial charge in [-0.2, -0.15) is 0 Å². The van der Waals surface area contributed by atoms with Crippen LogP contribution in [0, 0.1) is 0 Å². The molecule has 0 aliphatic carbocycles. The van der Waals surface area contributed by atoms with Gasteiger partial charge in [-0.3, -0.25) is 0 Å². The minimum atomic E-state index is 0.0465. The second-order valence-corrected chi connectivity index (χ2v) is 4.71. The van der Waals surface area contributed by atoms with Crippen molar-refractivity contribution in [2.45, 2.75) is 46.0 Å². The summed E-state index contributed by atoms with van der Waals surface area (Å²) < 4.78 is 0. The van der Waals surface area contributed by atoms with Crippen LogP contribution in [0.3, 0.4) is 0 Å². The molecule has 1 aromatic rings. The Morgan fingerprint density at radius 3 is 2.31 bits per heavy atom. The maximum absolute atomic E-state index is 4.53. The highest BCUT2D eigenvalue weighted by atomic mass is 14.9. The van der Waals surface area contributed by atoms with E-state index >= 15 is 0 Å². The molecular weight excluding hydrogens is 160 g/mol. The first-order valence-electron chi connectivity index (χ1n) is 4.74. The minimum absolute atomic E-state index is 0.0465. The van der Waals surface area contributed by atoms with Gasteiger partial charge in [0.15, 0.2) is 0 Å². The predicted octanol–water partition coefficient (Wildman–Crippen LogP) is 2.90. The highest BCUT2D eigenvalue weighted by Gasteiger charge is 2.17. The second kappa shape index (κ2) is 3.44. The molecule has 0 atom stereocenters. The SMILES string of the molecule is CC(C)c1ccnc(C(C)(C)C)n1. The molecule has 0 spiro atoms. The van der Waals surface area contributed by atoms with E-state index in [1.807, 2.05) is 12.3 Å². The lowest BCUT2D eigenvalue weighted by molar-refractivity contribution is 0.538. The van der Waals surface area contributed by atoms with Crippen LogP contribution < -0.4 is 0 Å². The molecule has 0 amide bonds. The van der Waals surface area contributed by atoms with Gasteiger partial charge in [0.25, 0.3) is 0 Å². The molecule has 0 aromatic carbocycles. The summed E-state index contributed by atoms with van der Waals surface area (Å²) in [5.74, 6) is 1.41. The molecular formula is C11H18N2. The van der Waals surface area contributed by atoms with Crippen molar-refractivity contribution in [3.8, 4) is 0 Å². The molecule has 2 heteroatoms. The van der Waals surface area contributed by atoms with Crippen LogP contribution in [0.1, 0.15) is 52.1 Å². The molecule has 1 heterocycles. The van der Waals surface area contributed by atoms with Gasteiger partial charge in [-0.1, -0.05) is 34.6 Å². The Bertz CT molecular complexity index is 284. The van der Waals surface area contributed by atoms with E-state index < -0.39 is 0 Å². The zero-order chi connectivity index (χ0) is 10.1. The maximum Gasteiger partial charge on any atom is 0.133 e. The van der Waals surface area contributed by atoms with Crippen LogP contribution in [0.5, 0.6) is 0 Å². The summed E-state index contributed by atoms with van der Waals surface area (Å²) in [6.45, 7) is 10.7. The van der Waals surface area contributed by atoms with E-state index in [4.69, 9.17) is 0 Å². The van der Waals surface area contributed by atoms with Crippen molar-refractivity contribution < 1.29 is 0 Å². The van der Waals surface area contributed by atoms with Crippen molar-refractivity contribution in [3.63, 3.8) is 0 Å². The van der Waals surface area contributed by atoms with Gasteiger partial charge in [0, 0.05) is 17.3 Å². The van der Waals surface area contributed by atoms with Gasteiger partial charge in [-0.25, -0.2) is 9.97 Å². The number of hydrogen-bond acceptors (Lipinski definition) is 2. The molecule has 72 valence electrons. The topological polar surface area (TPSA) is 25.8 Å². The zero-order valence-corrected chi connectivity index (χ0v) is 9.13. The van der Waals surface area contributed by atoms with E-state index in [0.29, 0.717) is 5.92 Å². The highest BCUT2D eigenvalue weighted by molar-refractivity contribution is 5.10. The summed E-state index contributed by atoms with van der Waals surface area (Å²) in [7, 11) is 0. The molecule has 2 nitrogen and oxygen atoms in total. The first-order chi connectivity index (χ1) is 5.91. The average molecular weight is 178 g/mol. The number of aromatic nitrogens is 2. The lowest BCUT2D eigenvalue weighted by atomic mass is 9.95. The van der Waals surface area contributed by atoms with Crippen molar-refractivity contribution in [1.82, 2.24) is 9.97 Å². The standard InChI is InChI=1S/C11H18N2/c1-8(2)9-6-7-12-10(13-9)11(3,4)5/h6-8H,1-5H3. The predicted molar refractivity (Wildman–Crippen MR) is 54.8 cm³/mol. The Hall–Kier alpha value is -0.920. The van der Waals surface area contributed by atoms with Crippen LogP contribution in [0.2, 0.25) is 0 Å². The summed E-state index contributed by atoms with van der Waals surface area (Å²) >= 11 is 0. The monoisotopic (exact) mass is 178 g/mol. The van der Waals surface area contributed by atoms with Crippen molar-refractivity contribution in [3.05, 3.63) is 23.8 Å². The molecule has 0 aliphatic heterocycles. The van der Waals surface area contributed by atoms with Gasteiger partial charge in [0.05, 0.1) is 0 Å². The highest BCUT2D eigenvalue weighted by Crippen LogP contribution is 2.19. The molecule has 0 saturated carbocycles. The third kappa shape index (κ3) is 2.51. The molecule has 13 heavy (non-hydrogen) atoms. The van der Waals surface area contributed by atoms with Gasteiger partial charge in [-0.15, -0.1) is 0 Å². The Kier molecular flexibility index (Phi) is 2.69. The summed E-state index contributed by atoms with van der Waals surface area (Å²) in [6.07, 6.45) is 1.85. The Labute approximate surface area is 80.4 Å². The fourth-order valence-corrected chi connectivity index (χ4v) is 1.06. The lowest BCUT2D eigenvalue weighted by Crippen LogP contribution is -2.16. The fraction of sp³-hybridized carbons (Fsp3) is 0.636. The summed E-state index contributed by atoms with van der Waals surface area (Å²) in [6, 6.07) is 1.99. The molecule has 1 rings (SSSR count). The van der Waals surface area contributed by atoms with Gasteiger partial charge in [-0.05, 0) is 12.0 Å². The van der Waals surface area contributed by atoms with E-state index in [2.05, 4.69) is 44.6 Å². The van der Waals surface area contributed by atoms with Crippen molar-refractivity contribution in [1.29, 1.82) is 0 Å². The van der Waals surface area contributed by atoms with E-state index in [0.717, 1.165) is 11.5 Å². The maximum atomic E-state index is 4.53. The van der Waals surface area contributed by atoms with Crippen molar-refractivity contribution >= 4 is 0 Å². The molecule has 0 unspecified atom stereocenters. The van der Waals surface area contributed by atoms with E-state index in [1.54, 1.807) is 0 Å². The van der Waals surface area contributed by atoms with Crippen LogP contribution in [0.15, 0.2) is 12.3 Å². The fourth-order valence-electron chi connectivity index (χ4n) is 1.06. The normalized spacial score (nSPS) is 12.2. The first kappa shape index (κ1) is 10.2. The molecule has 0 bridgehead atoms. The van der Waals surface area contributed by atoms with Crippen LogP contribution in [-0.2, 0) is 5.41 Å². The quantitative estimate of drug-likeness (QED) is 0.660. The number of rotatable bonds is 1. The summed E-state index contributed by atoms with van der Waals surface area (Å²) in [5.41, 5.74) is 1.17. The lowest BCUT2D eigenvalue weighted by Gasteiger charge is -2.17. The minimum Gasteiger partial charge on any atom is -0.241 e. The average Bonchev–Trinajstić information content (AvgIpc) is 2.03. The first-order valence-corrected chi connectivity index (χ1v) is 4.74. The Morgan fingerprint density at radius 2 is 1.85 bits per heavy atom. The van der Waals surface area contributed by atoms with Gasteiger partial charge >= 0.3 is 0 Å². The Balaban J connectivity index is 3.06. The van der Waals surface area contributed by atoms with Crippen molar-refractivity contribution in [2.24, 2.45) is 0 Å².